The second-order valence-electron chi connectivity index (χ2n) is 6.79. The number of amides is 2. The summed E-state index contributed by atoms with van der Waals surface area (Å²) in [6.07, 6.45) is 0.753. The Morgan fingerprint density at radius 3 is 3.04 bits per heavy atom. The SMILES string of the molecule is CC(C)N1CCNC(=O)[C@@H]1CC(=O)NCCc1nc2ccc(Cl)cc2[nH]1. The van der Waals surface area contributed by atoms with E-state index < -0.39 is 6.04 Å². The van der Waals surface area contributed by atoms with Crippen molar-refractivity contribution in [2.75, 3.05) is 19.6 Å². The molecule has 3 rings (SSSR count). The molecule has 140 valence electrons. The Morgan fingerprint density at radius 1 is 1.46 bits per heavy atom. The molecule has 1 fully saturated rings. The summed E-state index contributed by atoms with van der Waals surface area (Å²) < 4.78 is 0. The Bertz CT molecular complexity index is 804. The van der Waals surface area contributed by atoms with Crippen molar-refractivity contribution in [2.24, 2.45) is 0 Å². The third kappa shape index (κ3) is 4.34. The molecule has 2 amide bonds. The van der Waals surface area contributed by atoms with Crippen LogP contribution in [0.4, 0.5) is 0 Å². The van der Waals surface area contributed by atoms with Gasteiger partial charge in [-0.05, 0) is 32.0 Å². The van der Waals surface area contributed by atoms with Crippen LogP contribution in [0.3, 0.4) is 0 Å². The minimum absolute atomic E-state index is 0.0748. The van der Waals surface area contributed by atoms with Gasteiger partial charge in [-0.1, -0.05) is 11.6 Å². The van der Waals surface area contributed by atoms with E-state index in [1.165, 1.54) is 0 Å². The standard InChI is InChI=1S/C18H24ClN5O2/c1-11(2)24-8-7-21-18(26)15(24)10-17(25)20-6-5-16-22-13-4-3-12(19)9-14(13)23-16/h3-4,9,11,15H,5-8,10H2,1-2H3,(H,20,25)(H,21,26)(H,22,23)/t15-/m0/s1. The van der Waals surface area contributed by atoms with Gasteiger partial charge in [0.15, 0.2) is 0 Å². The molecule has 1 aromatic carbocycles. The highest BCUT2D eigenvalue weighted by atomic mass is 35.5. The molecule has 1 saturated heterocycles. The van der Waals surface area contributed by atoms with Gasteiger partial charge in [-0.25, -0.2) is 4.98 Å². The second kappa shape index (κ2) is 8.05. The topological polar surface area (TPSA) is 90.1 Å². The molecule has 7 nitrogen and oxygen atoms in total. The lowest BCUT2D eigenvalue weighted by Gasteiger charge is -2.37. The lowest BCUT2D eigenvalue weighted by Crippen LogP contribution is -2.58. The molecule has 0 radical (unpaired) electrons. The molecule has 0 saturated carbocycles. The largest absolute Gasteiger partial charge is 0.356 e. The highest BCUT2D eigenvalue weighted by molar-refractivity contribution is 6.31. The van der Waals surface area contributed by atoms with Gasteiger partial charge >= 0.3 is 0 Å². The Labute approximate surface area is 157 Å². The number of H-pyrrole nitrogens is 1. The number of aromatic nitrogens is 2. The zero-order chi connectivity index (χ0) is 18.7. The lowest BCUT2D eigenvalue weighted by atomic mass is 10.1. The van der Waals surface area contributed by atoms with Crippen LogP contribution in [0.15, 0.2) is 18.2 Å². The number of imidazole rings is 1. The fourth-order valence-corrected chi connectivity index (χ4v) is 3.45. The van der Waals surface area contributed by atoms with E-state index in [1.54, 1.807) is 6.07 Å². The number of carbonyl (C=O) groups excluding carboxylic acids is 2. The highest BCUT2D eigenvalue weighted by Gasteiger charge is 2.32. The van der Waals surface area contributed by atoms with Gasteiger partial charge in [0.1, 0.15) is 5.82 Å². The average Bonchev–Trinajstić information content (AvgIpc) is 2.98. The molecule has 2 aromatic rings. The lowest BCUT2D eigenvalue weighted by molar-refractivity contribution is -0.134. The third-order valence-electron chi connectivity index (χ3n) is 4.59. The van der Waals surface area contributed by atoms with Crippen LogP contribution in [-0.2, 0) is 16.0 Å². The molecule has 26 heavy (non-hydrogen) atoms. The minimum atomic E-state index is -0.405. The van der Waals surface area contributed by atoms with E-state index in [9.17, 15) is 9.59 Å². The number of piperazine rings is 1. The minimum Gasteiger partial charge on any atom is -0.356 e. The zero-order valence-corrected chi connectivity index (χ0v) is 15.8. The molecule has 0 spiro atoms. The van der Waals surface area contributed by atoms with Gasteiger partial charge < -0.3 is 15.6 Å². The summed E-state index contributed by atoms with van der Waals surface area (Å²) in [6, 6.07) is 5.30. The summed E-state index contributed by atoms with van der Waals surface area (Å²) in [5.41, 5.74) is 1.73. The Kier molecular flexibility index (Phi) is 5.78. The van der Waals surface area contributed by atoms with Crippen molar-refractivity contribution >= 4 is 34.4 Å². The summed E-state index contributed by atoms with van der Waals surface area (Å²) in [5.74, 6) is 0.591. The molecule has 8 heteroatoms. The van der Waals surface area contributed by atoms with Gasteiger partial charge in [-0.15, -0.1) is 0 Å². The molecule has 0 aliphatic carbocycles. The Balaban J connectivity index is 1.52. The number of benzene rings is 1. The molecule has 1 aliphatic heterocycles. The molecule has 0 unspecified atom stereocenters. The molecule has 2 heterocycles. The number of nitrogens with zero attached hydrogens (tertiary/aromatic N) is 2. The number of rotatable bonds is 6. The van der Waals surface area contributed by atoms with E-state index >= 15 is 0 Å². The van der Waals surface area contributed by atoms with Crippen molar-refractivity contribution in [3.05, 3.63) is 29.0 Å². The molecule has 1 atom stereocenters. The molecular weight excluding hydrogens is 354 g/mol. The summed E-state index contributed by atoms with van der Waals surface area (Å²) in [5, 5.41) is 6.37. The zero-order valence-electron chi connectivity index (χ0n) is 15.0. The van der Waals surface area contributed by atoms with Gasteiger partial charge in [-0.2, -0.15) is 0 Å². The predicted octanol–water partition coefficient (Wildman–Crippen LogP) is 1.47. The predicted molar refractivity (Wildman–Crippen MR) is 101 cm³/mol. The smallest absolute Gasteiger partial charge is 0.237 e. The fraction of sp³-hybridized carbons (Fsp3) is 0.500. The first kappa shape index (κ1) is 18.7. The van der Waals surface area contributed by atoms with Crippen LogP contribution in [-0.4, -0.2) is 58.4 Å². The summed E-state index contributed by atoms with van der Waals surface area (Å²) in [6.45, 7) is 5.94. The van der Waals surface area contributed by atoms with Crippen molar-refractivity contribution < 1.29 is 9.59 Å². The normalized spacial score (nSPS) is 18.3. The van der Waals surface area contributed by atoms with E-state index in [2.05, 4.69) is 25.5 Å². The number of fused-ring (bicyclic) bond motifs is 1. The van der Waals surface area contributed by atoms with Gasteiger partial charge in [0, 0.05) is 37.1 Å². The Hall–Kier alpha value is -2.12. The van der Waals surface area contributed by atoms with Crippen LogP contribution in [0.1, 0.15) is 26.1 Å². The number of aromatic amines is 1. The van der Waals surface area contributed by atoms with E-state index in [1.807, 2.05) is 26.0 Å². The second-order valence-corrected chi connectivity index (χ2v) is 7.22. The van der Waals surface area contributed by atoms with Crippen molar-refractivity contribution in [2.45, 2.75) is 38.8 Å². The van der Waals surface area contributed by atoms with Gasteiger partial charge in [0.05, 0.1) is 23.5 Å². The van der Waals surface area contributed by atoms with Crippen molar-refractivity contribution in [3.8, 4) is 0 Å². The fourth-order valence-electron chi connectivity index (χ4n) is 3.28. The molecule has 1 aliphatic rings. The van der Waals surface area contributed by atoms with Crippen molar-refractivity contribution in [1.82, 2.24) is 25.5 Å². The monoisotopic (exact) mass is 377 g/mol. The van der Waals surface area contributed by atoms with Gasteiger partial charge in [0.2, 0.25) is 11.8 Å². The summed E-state index contributed by atoms with van der Waals surface area (Å²) >= 11 is 5.97. The number of carbonyl (C=O) groups is 2. The van der Waals surface area contributed by atoms with Gasteiger partial charge in [0.25, 0.3) is 0 Å². The van der Waals surface area contributed by atoms with Crippen LogP contribution >= 0.6 is 11.6 Å². The maximum atomic E-state index is 12.3. The first-order valence-corrected chi connectivity index (χ1v) is 9.26. The maximum absolute atomic E-state index is 12.3. The summed E-state index contributed by atoms with van der Waals surface area (Å²) in [4.78, 5) is 34.1. The number of hydrogen-bond acceptors (Lipinski definition) is 4. The third-order valence-corrected chi connectivity index (χ3v) is 4.83. The molecule has 1 aromatic heterocycles. The number of halogens is 1. The Morgan fingerprint density at radius 2 is 2.27 bits per heavy atom. The molecule has 0 bridgehead atoms. The van der Waals surface area contributed by atoms with Crippen molar-refractivity contribution in [3.63, 3.8) is 0 Å². The van der Waals surface area contributed by atoms with Crippen LogP contribution in [0, 0.1) is 0 Å². The number of nitrogens with one attached hydrogen (secondary N) is 3. The van der Waals surface area contributed by atoms with Gasteiger partial charge in [-0.3, -0.25) is 14.5 Å². The first-order valence-electron chi connectivity index (χ1n) is 8.88. The van der Waals surface area contributed by atoms with Crippen molar-refractivity contribution in [1.29, 1.82) is 0 Å². The van der Waals surface area contributed by atoms with Crippen LogP contribution < -0.4 is 10.6 Å². The van der Waals surface area contributed by atoms with E-state index in [0.29, 0.717) is 24.5 Å². The highest BCUT2D eigenvalue weighted by Crippen LogP contribution is 2.17. The van der Waals surface area contributed by atoms with E-state index in [0.717, 1.165) is 23.4 Å². The van der Waals surface area contributed by atoms with E-state index in [-0.39, 0.29) is 24.3 Å². The van der Waals surface area contributed by atoms with Crippen LogP contribution in [0.2, 0.25) is 5.02 Å². The van der Waals surface area contributed by atoms with Crippen LogP contribution in [0.5, 0.6) is 0 Å². The quantitative estimate of drug-likeness (QED) is 0.711. The first-order chi connectivity index (χ1) is 12.4. The molecular formula is C18H24ClN5O2. The maximum Gasteiger partial charge on any atom is 0.237 e. The van der Waals surface area contributed by atoms with Crippen LogP contribution in [0.25, 0.3) is 11.0 Å². The summed E-state index contributed by atoms with van der Waals surface area (Å²) in [7, 11) is 0. The molecule has 3 N–H and O–H groups in total. The number of hydrogen-bond donors (Lipinski definition) is 3. The average molecular weight is 378 g/mol. The van der Waals surface area contributed by atoms with E-state index in [4.69, 9.17) is 11.6 Å².